The van der Waals surface area contributed by atoms with Crippen LogP contribution in [-0.2, 0) is 6.54 Å². The number of pyridine rings is 1. The zero-order valence-corrected chi connectivity index (χ0v) is 17.3. The molecular weight excluding hydrogens is 403 g/mol. The largest absolute Gasteiger partial charge is 0.481 e. The van der Waals surface area contributed by atoms with Gasteiger partial charge in [-0.05, 0) is 26.8 Å². The molecule has 0 saturated carbocycles. The van der Waals surface area contributed by atoms with E-state index in [4.69, 9.17) is 9.73 Å². The minimum Gasteiger partial charge on any atom is -0.481 e. The van der Waals surface area contributed by atoms with Crippen LogP contribution in [0.4, 0.5) is 0 Å². The average Bonchev–Trinajstić information content (AvgIpc) is 2.49. The number of ether oxygens (including phenoxy) is 1. The molecule has 130 valence electrons. The summed E-state index contributed by atoms with van der Waals surface area (Å²) in [5.74, 6) is 1.60. The van der Waals surface area contributed by atoms with Crippen LogP contribution < -0.4 is 10.1 Å². The maximum atomic E-state index is 5.30. The standard InChI is InChI=1S/C17H28N4O.HI/c1-7-18-15(21-12-16(2,3)17(21,4)5)20-11-13-9-8-10-19-14(13)22-6;/h8-10H,7,11-12H2,1-6H3,(H,18,20);1H. The molecule has 0 spiro atoms. The molecule has 1 aromatic rings. The fourth-order valence-corrected chi connectivity index (χ4v) is 2.68. The van der Waals surface area contributed by atoms with Crippen molar-refractivity contribution in [3.8, 4) is 5.88 Å². The van der Waals surface area contributed by atoms with Crippen LogP contribution >= 0.6 is 24.0 Å². The number of hydrogen-bond donors (Lipinski definition) is 1. The molecular formula is C17H29IN4O. The fourth-order valence-electron chi connectivity index (χ4n) is 2.68. The second-order valence-electron chi connectivity index (χ2n) is 6.87. The minimum absolute atomic E-state index is 0. The first-order valence-electron chi connectivity index (χ1n) is 7.87. The number of nitrogens with zero attached hydrogens (tertiary/aromatic N) is 3. The van der Waals surface area contributed by atoms with Gasteiger partial charge in [-0.25, -0.2) is 9.98 Å². The zero-order valence-electron chi connectivity index (χ0n) is 15.0. The lowest BCUT2D eigenvalue weighted by molar-refractivity contribution is -0.0667. The summed E-state index contributed by atoms with van der Waals surface area (Å²) in [7, 11) is 1.64. The number of aliphatic imine (C=N–C) groups is 1. The van der Waals surface area contributed by atoms with E-state index in [1.54, 1.807) is 13.3 Å². The normalized spacial score (nSPS) is 18.7. The molecule has 0 aliphatic carbocycles. The number of aromatic nitrogens is 1. The van der Waals surface area contributed by atoms with E-state index in [2.05, 4.69) is 49.8 Å². The molecule has 5 nitrogen and oxygen atoms in total. The van der Waals surface area contributed by atoms with Gasteiger partial charge in [0.2, 0.25) is 5.88 Å². The monoisotopic (exact) mass is 432 g/mol. The van der Waals surface area contributed by atoms with Gasteiger partial charge in [-0.3, -0.25) is 0 Å². The van der Waals surface area contributed by atoms with E-state index in [0.29, 0.717) is 12.4 Å². The SMILES string of the molecule is CCNC(=NCc1cccnc1OC)N1CC(C)(C)C1(C)C.I. The van der Waals surface area contributed by atoms with Crippen LogP contribution in [0, 0.1) is 5.41 Å². The van der Waals surface area contributed by atoms with Gasteiger partial charge >= 0.3 is 0 Å². The molecule has 0 atom stereocenters. The van der Waals surface area contributed by atoms with Gasteiger partial charge in [0, 0.05) is 35.8 Å². The molecule has 1 aliphatic heterocycles. The number of likely N-dealkylation sites (tertiary alicyclic amines) is 1. The van der Waals surface area contributed by atoms with Crippen LogP contribution in [0.25, 0.3) is 0 Å². The zero-order chi connectivity index (χ0) is 16.4. The predicted octanol–water partition coefficient (Wildman–Crippen LogP) is 3.29. The van der Waals surface area contributed by atoms with Crippen LogP contribution in [0.2, 0.25) is 0 Å². The number of halogens is 1. The summed E-state index contributed by atoms with van der Waals surface area (Å²) in [4.78, 5) is 11.4. The van der Waals surface area contributed by atoms with Crippen molar-refractivity contribution in [2.24, 2.45) is 10.4 Å². The third kappa shape index (κ3) is 3.89. The maximum absolute atomic E-state index is 5.30. The highest BCUT2D eigenvalue weighted by Crippen LogP contribution is 2.46. The highest BCUT2D eigenvalue weighted by atomic mass is 127. The number of hydrogen-bond acceptors (Lipinski definition) is 3. The highest BCUT2D eigenvalue weighted by Gasteiger charge is 2.53. The Morgan fingerprint density at radius 1 is 1.39 bits per heavy atom. The Hall–Kier alpha value is -1.05. The lowest BCUT2D eigenvalue weighted by Gasteiger charge is -2.62. The van der Waals surface area contributed by atoms with Gasteiger partial charge in [-0.15, -0.1) is 24.0 Å². The molecule has 0 amide bonds. The minimum atomic E-state index is 0. The van der Waals surface area contributed by atoms with Crippen molar-refractivity contribution in [3.63, 3.8) is 0 Å². The molecule has 1 fully saturated rings. The summed E-state index contributed by atoms with van der Waals surface area (Å²) in [5, 5.41) is 3.40. The Bertz CT molecular complexity index is 557. The Labute approximate surface area is 156 Å². The van der Waals surface area contributed by atoms with E-state index in [9.17, 15) is 0 Å². The number of nitrogens with one attached hydrogen (secondary N) is 1. The van der Waals surface area contributed by atoms with Crippen molar-refractivity contribution in [2.45, 2.75) is 46.7 Å². The predicted molar refractivity (Wildman–Crippen MR) is 106 cm³/mol. The third-order valence-electron chi connectivity index (χ3n) is 4.92. The van der Waals surface area contributed by atoms with Crippen molar-refractivity contribution in [3.05, 3.63) is 23.9 Å². The molecule has 0 bridgehead atoms. The number of rotatable bonds is 4. The average molecular weight is 432 g/mol. The molecule has 1 aliphatic rings. The first-order chi connectivity index (χ1) is 10.3. The molecule has 2 rings (SSSR count). The van der Waals surface area contributed by atoms with E-state index in [1.165, 1.54) is 0 Å². The van der Waals surface area contributed by atoms with Gasteiger partial charge in [0.05, 0.1) is 13.7 Å². The maximum Gasteiger partial charge on any atom is 0.218 e. The summed E-state index contributed by atoms with van der Waals surface area (Å²) in [6, 6.07) is 3.92. The Morgan fingerprint density at radius 3 is 2.61 bits per heavy atom. The second kappa shape index (κ2) is 7.68. The Balaban J connectivity index is 0.00000264. The third-order valence-corrected chi connectivity index (χ3v) is 4.92. The molecule has 0 radical (unpaired) electrons. The van der Waals surface area contributed by atoms with E-state index in [-0.39, 0.29) is 34.9 Å². The van der Waals surface area contributed by atoms with E-state index in [0.717, 1.165) is 24.6 Å². The van der Waals surface area contributed by atoms with Gasteiger partial charge in [0.25, 0.3) is 0 Å². The molecule has 6 heteroatoms. The van der Waals surface area contributed by atoms with Gasteiger partial charge in [-0.1, -0.05) is 19.9 Å². The molecule has 1 N–H and O–H groups in total. The Kier molecular flexibility index (Phi) is 6.68. The first-order valence-corrected chi connectivity index (χ1v) is 7.87. The summed E-state index contributed by atoms with van der Waals surface area (Å²) in [6.07, 6.45) is 1.73. The van der Waals surface area contributed by atoms with Crippen LogP contribution in [0.3, 0.4) is 0 Å². The highest BCUT2D eigenvalue weighted by molar-refractivity contribution is 14.0. The summed E-state index contributed by atoms with van der Waals surface area (Å²) in [5.41, 5.74) is 1.38. The number of guanidine groups is 1. The van der Waals surface area contributed by atoms with Gasteiger partial charge in [-0.2, -0.15) is 0 Å². The van der Waals surface area contributed by atoms with Gasteiger partial charge < -0.3 is 15.0 Å². The lowest BCUT2D eigenvalue weighted by Crippen LogP contribution is -2.72. The number of methoxy groups -OCH3 is 1. The van der Waals surface area contributed by atoms with E-state index < -0.39 is 0 Å². The molecule has 0 aromatic carbocycles. The smallest absolute Gasteiger partial charge is 0.218 e. The van der Waals surface area contributed by atoms with Crippen LogP contribution in [0.1, 0.15) is 40.2 Å². The van der Waals surface area contributed by atoms with Crippen molar-refractivity contribution in [1.29, 1.82) is 0 Å². The van der Waals surface area contributed by atoms with Crippen LogP contribution in [-0.4, -0.2) is 41.6 Å². The topological polar surface area (TPSA) is 49.8 Å². The van der Waals surface area contributed by atoms with E-state index >= 15 is 0 Å². The van der Waals surface area contributed by atoms with Crippen molar-refractivity contribution in [1.82, 2.24) is 15.2 Å². The summed E-state index contributed by atoms with van der Waals surface area (Å²) >= 11 is 0. The fraction of sp³-hybridized carbons (Fsp3) is 0.647. The molecule has 0 unspecified atom stereocenters. The van der Waals surface area contributed by atoms with Crippen molar-refractivity contribution in [2.75, 3.05) is 20.2 Å². The van der Waals surface area contributed by atoms with Crippen molar-refractivity contribution >= 4 is 29.9 Å². The molecule has 1 saturated heterocycles. The van der Waals surface area contributed by atoms with Gasteiger partial charge in [0.15, 0.2) is 5.96 Å². The lowest BCUT2D eigenvalue weighted by atomic mass is 9.65. The quantitative estimate of drug-likeness (QED) is 0.451. The van der Waals surface area contributed by atoms with Crippen LogP contribution in [0.15, 0.2) is 23.3 Å². The summed E-state index contributed by atoms with van der Waals surface area (Å²) in [6.45, 7) is 13.7. The van der Waals surface area contributed by atoms with Crippen LogP contribution in [0.5, 0.6) is 5.88 Å². The van der Waals surface area contributed by atoms with E-state index in [1.807, 2.05) is 12.1 Å². The first kappa shape index (κ1) is 20.0. The molecule has 2 heterocycles. The second-order valence-corrected chi connectivity index (χ2v) is 6.87. The molecule has 1 aromatic heterocycles. The van der Waals surface area contributed by atoms with Crippen molar-refractivity contribution < 1.29 is 4.74 Å². The van der Waals surface area contributed by atoms with Gasteiger partial charge in [0.1, 0.15) is 0 Å². The molecule has 23 heavy (non-hydrogen) atoms. The summed E-state index contributed by atoms with van der Waals surface area (Å²) < 4.78 is 5.30. The Morgan fingerprint density at radius 2 is 2.09 bits per heavy atom.